The number of anilines is 1. The average Bonchev–Trinajstić information content (AvgIpc) is 3.66. The quantitative estimate of drug-likeness (QED) is 0.175. The van der Waals surface area contributed by atoms with E-state index in [4.69, 9.17) is 23.7 Å². The molecule has 0 bridgehead atoms. The molecule has 0 unspecified atom stereocenters. The zero-order valence-electron chi connectivity index (χ0n) is 21.3. The summed E-state index contributed by atoms with van der Waals surface area (Å²) in [5.41, 5.74) is 1.36. The van der Waals surface area contributed by atoms with Gasteiger partial charge >= 0.3 is 0 Å². The fourth-order valence-corrected chi connectivity index (χ4v) is 4.47. The molecule has 0 spiro atoms. The number of hydrogen-bond donors (Lipinski definition) is 1. The second-order valence-corrected chi connectivity index (χ2v) is 8.96. The maximum atomic E-state index is 12.7. The molecule has 0 saturated carbocycles. The van der Waals surface area contributed by atoms with Crippen LogP contribution in [0.4, 0.5) is 5.69 Å². The number of Topliss-reactive ketones (excluding diaryl/α,β-unsaturated/α-hetero) is 1. The van der Waals surface area contributed by atoms with Gasteiger partial charge in [0.2, 0.25) is 23.6 Å². The number of ketones is 1. The highest BCUT2D eigenvalue weighted by molar-refractivity contribution is 7.99. The number of carbonyl (C=O) groups excluding carboxylic acids is 2. The summed E-state index contributed by atoms with van der Waals surface area (Å²) < 4.78 is 29.7. The highest BCUT2D eigenvalue weighted by Gasteiger charge is 2.21. The molecular weight excluding hydrogens is 530 g/mol. The summed E-state index contributed by atoms with van der Waals surface area (Å²) in [6, 6.07) is 6.63. The van der Waals surface area contributed by atoms with E-state index in [9.17, 15) is 9.59 Å². The largest absolute Gasteiger partial charge is 0.493 e. The van der Waals surface area contributed by atoms with E-state index in [2.05, 4.69) is 25.7 Å². The van der Waals surface area contributed by atoms with Crippen molar-refractivity contribution in [1.29, 1.82) is 0 Å². The van der Waals surface area contributed by atoms with Gasteiger partial charge in [-0.2, -0.15) is 19.4 Å². The van der Waals surface area contributed by atoms with Gasteiger partial charge in [0.1, 0.15) is 6.33 Å². The minimum absolute atomic E-state index is 0.00581. The van der Waals surface area contributed by atoms with Crippen LogP contribution in [0.1, 0.15) is 22.8 Å². The number of hydrogen-bond acceptors (Lipinski definition) is 12. The highest BCUT2D eigenvalue weighted by Crippen LogP contribution is 2.38. The van der Waals surface area contributed by atoms with Crippen LogP contribution in [0.2, 0.25) is 0 Å². The van der Waals surface area contributed by atoms with E-state index >= 15 is 0 Å². The first-order valence-corrected chi connectivity index (χ1v) is 12.4. The number of nitrogens with zero attached hydrogens (tertiary/aromatic N) is 6. The van der Waals surface area contributed by atoms with Crippen molar-refractivity contribution in [3.63, 3.8) is 0 Å². The van der Waals surface area contributed by atoms with Crippen LogP contribution in [0.3, 0.4) is 0 Å². The number of thioether (sulfide) groups is 1. The van der Waals surface area contributed by atoms with Crippen molar-refractivity contribution >= 4 is 41.1 Å². The lowest BCUT2D eigenvalue weighted by Gasteiger charge is -2.12. The predicted molar refractivity (Wildman–Crippen MR) is 140 cm³/mol. The fraction of sp³-hybridized carbons (Fsp3) is 0.250. The van der Waals surface area contributed by atoms with Crippen LogP contribution in [0.5, 0.6) is 28.7 Å². The van der Waals surface area contributed by atoms with Crippen molar-refractivity contribution in [3.8, 4) is 28.7 Å². The third-order valence-electron chi connectivity index (χ3n) is 5.59. The number of amides is 1. The predicted octanol–water partition coefficient (Wildman–Crippen LogP) is 2.50. The maximum absolute atomic E-state index is 12.7. The van der Waals surface area contributed by atoms with Crippen LogP contribution < -0.4 is 29.0 Å². The molecule has 1 aliphatic rings. The molecule has 0 fully saturated rings. The van der Waals surface area contributed by atoms with Gasteiger partial charge in [-0.1, -0.05) is 11.8 Å². The monoisotopic (exact) mass is 553 g/mol. The zero-order valence-corrected chi connectivity index (χ0v) is 22.1. The Balaban J connectivity index is 1.28. The minimum Gasteiger partial charge on any atom is -0.493 e. The van der Waals surface area contributed by atoms with Gasteiger partial charge in [-0.15, -0.1) is 10.2 Å². The molecule has 1 aliphatic heterocycles. The molecule has 5 rings (SSSR count). The lowest BCUT2D eigenvalue weighted by molar-refractivity contribution is -0.113. The van der Waals surface area contributed by atoms with Crippen LogP contribution in [-0.2, 0) is 4.79 Å². The smallest absolute Gasteiger partial charge is 0.275 e. The number of fused-ring (bicyclic) bond motifs is 2. The Kier molecular flexibility index (Phi) is 7.23. The molecular formula is C24H23N7O7S. The summed E-state index contributed by atoms with van der Waals surface area (Å²) in [5.74, 6) is 2.15. The van der Waals surface area contributed by atoms with Crippen molar-refractivity contribution in [3.05, 3.63) is 41.7 Å². The van der Waals surface area contributed by atoms with Crippen LogP contribution >= 0.6 is 11.8 Å². The summed E-state index contributed by atoms with van der Waals surface area (Å²) in [5, 5.41) is 20.0. The summed E-state index contributed by atoms with van der Waals surface area (Å²) in [6.07, 6.45) is 3.05. The third-order valence-corrected chi connectivity index (χ3v) is 6.51. The molecule has 3 heterocycles. The molecule has 15 heteroatoms. The first kappa shape index (κ1) is 25.8. The number of aromatic nitrogens is 5. The Morgan fingerprint density at radius 2 is 1.79 bits per heavy atom. The standard InChI is InChI=1S/C24H23N7O7S/c1-13(32)15-7-17-18(38-12-37-17)8-16(15)27-21(33)10-39-24-29-28-23-30(11-26-31(23)24)25-9-14-5-19(34-2)22(36-4)20(6-14)35-3/h5-9,11H,10,12H2,1-4H3,(H,27,33). The van der Waals surface area contributed by atoms with Gasteiger partial charge in [0.25, 0.3) is 5.78 Å². The molecule has 0 atom stereocenters. The van der Waals surface area contributed by atoms with Crippen LogP contribution in [0.15, 0.2) is 40.9 Å². The van der Waals surface area contributed by atoms with Crippen molar-refractivity contribution < 1.29 is 33.3 Å². The molecule has 0 aliphatic carbocycles. The molecule has 0 radical (unpaired) electrons. The third kappa shape index (κ3) is 5.16. The van der Waals surface area contributed by atoms with E-state index < -0.39 is 0 Å². The average molecular weight is 554 g/mol. The lowest BCUT2D eigenvalue weighted by atomic mass is 10.1. The van der Waals surface area contributed by atoms with E-state index in [1.165, 1.54) is 43.8 Å². The molecule has 2 aromatic carbocycles. The molecule has 2 aromatic heterocycles. The van der Waals surface area contributed by atoms with Crippen molar-refractivity contribution in [1.82, 2.24) is 24.5 Å². The zero-order chi connectivity index (χ0) is 27.5. The Labute approximate surface area is 225 Å². The SMILES string of the molecule is COc1cc(C=Nn2cnn3c(SCC(=O)Nc4cc5c(cc4C(C)=O)OCO5)nnc23)cc(OC)c1OC. The normalized spacial score (nSPS) is 12.2. The number of methoxy groups -OCH3 is 3. The Morgan fingerprint density at radius 3 is 2.46 bits per heavy atom. The fourth-order valence-electron chi connectivity index (χ4n) is 3.78. The summed E-state index contributed by atoms with van der Waals surface area (Å²) in [7, 11) is 4.59. The van der Waals surface area contributed by atoms with E-state index in [1.807, 2.05) is 0 Å². The molecule has 1 N–H and O–H groups in total. The second kappa shape index (κ2) is 10.9. The highest BCUT2D eigenvalue weighted by atomic mass is 32.2. The first-order chi connectivity index (χ1) is 18.9. The summed E-state index contributed by atoms with van der Waals surface area (Å²) in [6.45, 7) is 1.47. The second-order valence-electron chi connectivity index (χ2n) is 8.02. The van der Waals surface area contributed by atoms with Crippen molar-refractivity contribution in [2.45, 2.75) is 12.1 Å². The van der Waals surface area contributed by atoms with Gasteiger partial charge in [-0.25, -0.2) is 0 Å². The van der Waals surface area contributed by atoms with E-state index in [1.54, 1.807) is 30.5 Å². The molecule has 39 heavy (non-hydrogen) atoms. The number of rotatable bonds is 10. The van der Waals surface area contributed by atoms with Crippen molar-refractivity contribution in [2.75, 3.05) is 39.2 Å². The Hall–Kier alpha value is -4.79. The Morgan fingerprint density at radius 1 is 1.08 bits per heavy atom. The molecule has 4 aromatic rings. The molecule has 1 amide bonds. The first-order valence-electron chi connectivity index (χ1n) is 11.4. The minimum atomic E-state index is -0.349. The van der Waals surface area contributed by atoms with Crippen LogP contribution in [0.25, 0.3) is 5.78 Å². The van der Waals surface area contributed by atoms with Gasteiger partial charge in [-0.05, 0) is 25.1 Å². The van der Waals surface area contributed by atoms with Crippen molar-refractivity contribution in [2.24, 2.45) is 5.10 Å². The van der Waals surface area contributed by atoms with E-state index in [0.29, 0.717) is 56.5 Å². The lowest BCUT2D eigenvalue weighted by Crippen LogP contribution is -2.16. The molecule has 14 nitrogen and oxygen atoms in total. The van der Waals surface area contributed by atoms with Gasteiger partial charge < -0.3 is 29.0 Å². The number of carbonyl (C=O) groups is 2. The van der Waals surface area contributed by atoms with E-state index in [0.717, 1.165) is 11.8 Å². The topological polar surface area (TPSA) is 153 Å². The Bertz CT molecular complexity index is 1570. The van der Waals surface area contributed by atoms with Gasteiger partial charge in [0, 0.05) is 17.2 Å². The summed E-state index contributed by atoms with van der Waals surface area (Å²) in [4.78, 5) is 24.7. The van der Waals surface area contributed by atoms with Crippen LogP contribution in [-0.4, -0.2) is 76.3 Å². The van der Waals surface area contributed by atoms with Gasteiger partial charge in [0.05, 0.1) is 39.0 Å². The van der Waals surface area contributed by atoms with E-state index in [-0.39, 0.29) is 24.2 Å². The molecule has 0 saturated heterocycles. The summed E-state index contributed by atoms with van der Waals surface area (Å²) >= 11 is 1.13. The number of nitrogens with one attached hydrogen (secondary N) is 1. The van der Waals surface area contributed by atoms with Crippen LogP contribution in [0, 0.1) is 0 Å². The number of benzene rings is 2. The number of ether oxygens (including phenoxy) is 5. The maximum Gasteiger partial charge on any atom is 0.275 e. The molecule has 202 valence electrons. The van der Waals surface area contributed by atoms with Gasteiger partial charge in [0.15, 0.2) is 28.8 Å². The van der Waals surface area contributed by atoms with Gasteiger partial charge in [-0.3, -0.25) is 9.59 Å².